The molecule has 1 amide bonds. The summed E-state index contributed by atoms with van der Waals surface area (Å²) in [4.78, 5) is 25.7. The molecule has 0 aliphatic heterocycles. The number of anilines is 3. The molecule has 3 N–H and O–H groups in total. The lowest BCUT2D eigenvalue weighted by atomic mass is 10.1. The number of hydrogen-bond donors (Lipinski definition) is 3. The van der Waals surface area contributed by atoms with E-state index in [9.17, 15) is 18.0 Å². The standard InChI is InChI=1S/C23H19F3N6O/c1-27-21(33)12-5-8-16-17-11-28-22(30-14-6-7-14)32-19(17)20(31-18(16)9-12)29-15-4-2-3-13(10-15)23(24,25)26/h2-5,8-11,14H,6-7H2,1H3,(H,27,33)(H,29,31)(H,28,30,32). The Balaban J connectivity index is 1.66. The summed E-state index contributed by atoms with van der Waals surface area (Å²) in [7, 11) is 1.53. The van der Waals surface area contributed by atoms with Crippen molar-refractivity contribution < 1.29 is 18.0 Å². The number of hydrogen-bond acceptors (Lipinski definition) is 6. The monoisotopic (exact) mass is 452 g/mol. The summed E-state index contributed by atoms with van der Waals surface area (Å²) < 4.78 is 39.6. The van der Waals surface area contributed by atoms with E-state index in [1.54, 1.807) is 24.4 Å². The summed E-state index contributed by atoms with van der Waals surface area (Å²) in [5.74, 6) is 0.429. The summed E-state index contributed by atoms with van der Waals surface area (Å²) in [5.41, 5.74) is 0.811. The molecular formula is C23H19F3N6O. The number of carbonyl (C=O) groups is 1. The third-order valence-electron chi connectivity index (χ3n) is 5.39. The number of alkyl halides is 3. The summed E-state index contributed by atoms with van der Waals surface area (Å²) in [5, 5.41) is 10.2. The molecule has 2 aromatic heterocycles. The minimum atomic E-state index is -4.47. The SMILES string of the molecule is CNC(=O)c1ccc2c(c1)nc(Nc1cccc(C(F)(F)F)c1)c1nc(NC3CC3)ncc12. The molecule has 5 rings (SSSR count). The van der Waals surface area contributed by atoms with Gasteiger partial charge in [-0.25, -0.2) is 15.0 Å². The third-order valence-corrected chi connectivity index (χ3v) is 5.39. The zero-order chi connectivity index (χ0) is 23.2. The highest BCUT2D eigenvalue weighted by molar-refractivity contribution is 6.10. The Morgan fingerprint density at radius 1 is 1.06 bits per heavy atom. The van der Waals surface area contributed by atoms with Crippen molar-refractivity contribution in [2.75, 3.05) is 17.7 Å². The lowest BCUT2D eigenvalue weighted by Gasteiger charge is -2.14. The predicted molar refractivity (Wildman–Crippen MR) is 120 cm³/mol. The first-order chi connectivity index (χ1) is 15.8. The second kappa shape index (κ2) is 7.88. The van der Waals surface area contributed by atoms with Crippen LogP contribution in [0.15, 0.2) is 48.7 Å². The summed E-state index contributed by atoms with van der Waals surface area (Å²) in [6, 6.07) is 10.3. The molecule has 4 aromatic rings. The molecule has 1 fully saturated rings. The van der Waals surface area contributed by atoms with Crippen LogP contribution in [0.2, 0.25) is 0 Å². The second-order valence-electron chi connectivity index (χ2n) is 7.85. The quantitative estimate of drug-likeness (QED) is 0.374. The van der Waals surface area contributed by atoms with Gasteiger partial charge in [0, 0.05) is 41.3 Å². The second-order valence-corrected chi connectivity index (χ2v) is 7.85. The third kappa shape index (κ3) is 4.23. The maximum absolute atomic E-state index is 13.2. The van der Waals surface area contributed by atoms with Gasteiger partial charge in [0.2, 0.25) is 5.95 Å². The molecule has 0 spiro atoms. The zero-order valence-electron chi connectivity index (χ0n) is 17.5. The Morgan fingerprint density at radius 3 is 2.61 bits per heavy atom. The average Bonchev–Trinajstić information content (AvgIpc) is 3.62. The number of carbonyl (C=O) groups excluding carboxylic acids is 1. The number of rotatable bonds is 5. The first-order valence-electron chi connectivity index (χ1n) is 10.4. The lowest BCUT2D eigenvalue weighted by Crippen LogP contribution is -2.17. The van der Waals surface area contributed by atoms with Gasteiger partial charge < -0.3 is 16.0 Å². The molecule has 168 valence electrons. The first-order valence-corrected chi connectivity index (χ1v) is 10.4. The Morgan fingerprint density at radius 2 is 1.88 bits per heavy atom. The minimum absolute atomic E-state index is 0.218. The summed E-state index contributed by atoms with van der Waals surface area (Å²) >= 11 is 0. The van der Waals surface area contributed by atoms with Crippen LogP contribution in [0.5, 0.6) is 0 Å². The van der Waals surface area contributed by atoms with Gasteiger partial charge in [-0.1, -0.05) is 12.1 Å². The maximum Gasteiger partial charge on any atom is 0.416 e. The highest BCUT2D eigenvalue weighted by Crippen LogP contribution is 2.34. The van der Waals surface area contributed by atoms with Gasteiger partial charge in [-0.2, -0.15) is 13.2 Å². The van der Waals surface area contributed by atoms with Crippen LogP contribution in [-0.4, -0.2) is 33.9 Å². The number of nitrogens with one attached hydrogen (secondary N) is 3. The molecule has 2 heterocycles. The fourth-order valence-corrected chi connectivity index (χ4v) is 3.55. The van der Waals surface area contributed by atoms with Gasteiger partial charge in [-0.15, -0.1) is 0 Å². The molecule has 0 radical (unpaired) electrons. The molecule has 1 aliphatic rings. The van der Waals surface area contributed by atoms with Gasteiger partial charge in [0.1, 0.15) is 5.52 Å². The van der Waals surface area contributed by atoms with Crippen molar-refractivity contribution in [2.45, 2.75) is 25.1 Å². The Kier molecular flexibility index (Phi) is 4.99. The van der Waals surface area contributed by atoms with Crippen molar-refractivity contribution in [3.8, 4) is 0 Å². The Labute approximate surface area is 186 Å². The van der Waals surface area contributed by atoms with Gasteiger partial charge in [-0.05, 0) is 43.2 Å². The number of benzene rings is 2. The van der Waals surface area contributed by atoms with Crippen LogP contribution in [0, 0.1) is 0 Å². The molecule has 2 aromatic carbocycles. The Bertz CT molecular complexity index is 1380. The predicted octanol–water partition coefficient (Wildman–Crippen LogP) is 4.87. The summed E-state index contributed by atoms with van der Waals surface area (Å²) in [6.07, 6.45) is -0.736. The van der Waals surface area contributed by atoms with E-state index in [0.717, 1.165) is 30.4 Å². The molecule has 7 nitrogen and oxygen atoms in total. The van der Waals surface area contributed by atoms with E-state index >= 15 is 0 Å². The average molecular weight is 452 g/mol. The molecule has 0 unspecified atom stereocenters. The fourth-order valence-electron chi connectivity index (χ4n) is 3.55. The molecule has 0 saturated heterocycles. The van der Waals surface area contributed by atoms with Crippen molar-refractivity contribution >= 4 is 45.2 Å². The molecule has 0 bridgehead atoms. The lowest BCUT2D eigenvalue weighted by molar-refractivity contribution is -0.137. The van der Waals surface area contributed by atoms with Gasteiger partial charge in [-0.3, -0.25) is 4.79 Å². The van der Waals surface area contributed by atoms with Crippen molar-refractivity contribution in [1.29, 1.82) is 0 Å². The van der Waals surface area contributed by atoms with Crippen molar-refractivity contribution in [1.82, 2.24) is 20.3 Å². The van der Waals surface area contributed by atoms with E-state index in [1.165, 1.54) is 19.2 Å². The van der Waals surface area contributed by atoms with E-state index in [1.807, 2.05) is 0 Å². The highest BCUT2D eigenvalue weighted by atomic mass is 19.4. The van der Waals surface area contributed by atoms with E-state index in [-0.39, 0.29) is 17.4 Å². The molecule has 10 heteroatoms. The molecule has 0 atom stereocenters. The van der Waals surface area contributed by atoms with Crippen LogP contribution in [0.1, 0.15) is 28.8 Å². The number of nitrogens with zero attached hydrogens (tertiary/aromatic N) is 3. The first kappa shape index (κ1) is 20.9. The van der Waals surface area contributed by atoms with Crippen molar-refractivity contribution in [3.05, 3.63) is 59.8 Å². The van der Waals surface area contributed by atoms with E-state index in [4.69, 9.17) is 0 Å². The number of aromatic nitrogens is 3. The van der Waals surface area contributed by atoms with Crippen LogP contribution in [-0.2, 0) is 6.18 Å². The molecule has 33 heavy (non-hydrogen) atoms. The van der Waals surface area contributed by atoms with Crippen LogP contribution in [0.4, 0.5) is 30.6 Å². The highest BCUT2D eigenvalue weighted by Gasteiger charge is 2.30. The van der Waals surface area contributed by atoms with Crippen LogP contribution >= 0.6 is 0 Å². The van der Waals surface area contributed by atoms with Gasteiger partial charge in [0.25, 0.3) is 5.91 Å². The number of pyridine rings is 1. The van der Waals surface area contributed by atoms with Gasteiger partial charge in [0.15, 0.2) is 5.82 Å². The fraction of sp³-hybridized carbons (Fsp3) is 0.217. The van der Waals surface area contributed by atoms with Crippen LogP contribution in [0.25, 0.3) is 21.8 Å². The van der Waals surface area contributed by atoms with E-state index < -0.39 is 11.7 Å². The maximum atomic E-state index is 13.2. The van der Waals surface area contributed by atoms with E-state index in [2.05, 4.69) is 30.9 Å². The molecule has 1 aliphatic carbocycles. The smallest absolute Gasteiger partial charge is 0.355 e. The molecule has 1 saturated carbocycles. The zero-order valence-corrected chi connectivity index (χ0v) is 17.5. The van der Waals surface area contributed by atoms with Crippen molar-refractivity contribution in [2.24, 2.45) is 0 Å². The normalized spacial score (nSPS) is 13.8. The summed E-state index contributed by atoms with van der Waals surface area (Å²) in [6.45, 7) is 0. The number of halogens is 3. The molecular weight excluding hydrogens is 433 g/mol. The van der Waals surface area contributed by atoms with Gasteiger partial charge in [0.05, 0.1) is 11.1 Å². The van der Waals surface area contributed by atoms with Crippen LogP contribution in [0.3, 0.4) is 0 Å². The van der Waals surface area contributed by atoms with Crippen molar-refractivity contribution in [3.63, 3.8) is 0 Å². The largest absolute Gasteiger partial charge is 0.416 e. The topological polar surface area (TPSA) is 91.8 Å². The number of amides is 1. The van der Waals surface area contributed by atoms with E-state index in [0.29, 0.717) is 34.0 Å². The van der Waals surface area contributed by atoms with Crippen LogP contribution < -0.4 is 16.0 Å². The van der Waals surface area contributed by atoms with Gasteiger partial charge >= 0.3 is 6.18 Å². The minimum Gasteiger partial charge on any atom is -0.355 e. The number of fused-ring (bicyclic) bond motifs is 3. The Hall–Kier alpha value is -3.95.